The number of nitrogens with one attached hydrogen (secondary N) is 1. The molecule has 1 amide bonds. The van der Waals surface area contributed by atoms with Crippen LogP contribution in [0.5, 0.6) is 5.75 Å². The van der Waals surface area contributed by atoms with E-state index in [0.717, 1.165) is 12.1 Å². The molecule has 1 aliphatic rings. The normalized spacial score (nSPS) is 18.3. The predicted octanol–water partition coefficient (Wildman–Crippen LogP) is 1.83. The van der Waals surface area contributed by atoms with Gasteiger partial charge in [-0.1, -0.05) is 0 Å². The molecular weight excluding hydrogens is 237 g/mol. The van der Waals surface area contributed by atoms with E-state index in [2.05, 4.69) is 5.32 Å². The Balaban J connectivity index is 2.14. The lowest BCUT2D eigenvalue weighted by Crippen LogP contribution is -2.49. The third-order valence-corrected chi connectivity index (χ3v) is 3.21. The summed E-state index contributed by atoms with van der Waals surface area (Å²) in [7, 11) is 0. The standard InChI is InChI=1S/C13H16FNO3/c1-13(4-6-18-7-5-13)15-12(17)10-8-9(14)2-3-11(10)16/h2-3,8,16H,4-7H2,1H3,(H,15,17). The topological polar surface area (TPSA) is 58.6 Å². The Kier molecular flexibility index (Phi) is 3.52. The molecule has 5 heteroatoms. The lowest BCUT2D eigenvalue weighted by Gasteiger charge is -2.34. The summed E-state index contributed by atoms with van der Waals surface area (Å²) in [6.45, 7) is 3.10. The number of amides is 1. The van der Waals surface area contributed by atoms with E-state index in [1.165, 1.54) is 6.07 Å². The van der Waals surface area contributed by atoms with Crippen LogP contribution in [0.2, 0.25) is 0 Å². The van der Waals surface area contributed by atoms with Gasteiger partial charge in [0, 0.05) is 18.8 Å². The van der Waals surface area contributed by atoms with Crippen molar-refractivity contribution < 1.29 is 19.0 Å². The molecular formula is C13H16FNO3. The van der Waals surface area contributed by atoms with E-state index in [0.29, 0.717) is 26.1 Å². The highest BCUT2D eigenvalue weighted by atomic mass is 19.1. The maximum Gasteiger partial charge on any atom is 0.255 e. The molecule has 0 aliphatic carbocycles. The van der Waals surface area contributed by atoms with Gasteiger partial charge in [0.1, 0.15) is 11.6 Å². The van der Waals surface area contributed by atoms with Crippen LogP contribution in [-0.4, -0.2) is 29.8 Å². The van der Waals surface area contributed by atoms with Crippen molar-refractivity contribution in [1.29, 1.82) is 0 Å². The minimum absolute atomic E-state index is 0.0392. The second-order valence-electron chi connectivity index (χ2n) is 4.79. The summed E-state index contributed by atoms with van der Waals surface area (Å²) in [4.78, 5) is 12.0. The highest BCUT2D eigenvalue weighted by molar-refractivity contribution is 5.97. The van der Waals surface area contributed by atoms with Gasteiger partial charge in [-0.2, -0.15) is 0 Å². The van der Waals surface area contributed by atoms with Gasteiger partial charge in [-0.3, -0.25) is 4.79 Å². The molecule has 1 fully saturated rings. The van der Waals surface area contributed by atoms with Crippen LogP contribution >= 0.6 is 0 Å². The number of halogens is 1. The molecule has 1 aromatic rings. The number of hydrogen-bond acceptors (Lipinski definition) is 3. The zero-order valence-electron chi connectivity index (χ0n) is 10.2. The van der Waals surface area contributed by atoms with Gasteiger partial charge in [0.25, 0.3) is 5.91 Å². The molecule has 0 unspecified atom stereocenters. The largest absolute Gasteiger partial charge is 0.507 e. The summed E-state index contributed by atoms with van der Waals surface area (Å²) >= 11 is 0. The highest BCUT2D eigenvalue weighted by Gasteiger charge is 2.30. The summed E-state index contributed by atoms with van der Waals surface area (Å²) < 4.78 is 18.3. The van der Waals surface area contributed by atoms with Crippen LogP contribution in [0, 0.1) is 5.82 Å². The fraction of sp³-hybridized carbons (Fsp3) is 0.462. The van der Waals surface area contributed by atoms with Crippen molar-refractivity contribution >= 4 is 5.91 Å². The molecule has 0 atom stereocenters. The maximum atomic E-state index is 13.1. The second kappa shape index (κ2) is 4.94. The number of benzene rings is 1. The third-order valence-electron chi connectivity index (χ3n) is 3.21. The molecule has 4 nitrogen and oxygen atoms in total. The minimum atomic E-state index is -0.546. The van der Waals surface area contributed by atoms with Crippen LogP contribution < -0.4 is 5.32 Å². The van der Waals surface area contributed by atoms with Gasteiger partial charge in [0.2, 0.25) is 0 Å². The van der Waals surface area contributed by atoms with Crippen molar-refractivity contribution in [3.8, 4) is 5.75 Å². The molecule has 1 aromatic carbocycles. The molecule has 0 aromatic heterocycles. The van der Waals surface area contributed by atoms with Crippen molar-refractivity contribution in [2.45, 2.75) is 25.3 Å². The number of phenols is 1. The molecule has 2 N–H and O–H groups in total. The quantitative estimate of drug-likeness (QED) is 0.845. The lowest BCUT2D eigenvalue weighted by molar-refractivity contribution is 0.0422. The number of carbonyl (C=O) groups is 1. The molecule has 98 valence electrons. The van der Waals surface area contributed by atoms with Gasteiger partial charge in [-0.05, 0) is 38.0 Å². The molecule has 1 aliphatic heterocycles. The van der Waals surface area contributed by atoms with Crippen LogP contribution in [0.4, 0.5) is 4.39 Å². The Hall–Kier alpha value is -1.62. The number of aromatic hydroxyl groups is 1. The number of carbonyl (C=O) groups excluding carboxylic acids is 1. The van der Waals surface area contributed by atoms with E-state index >= 15 is 0 Å². The Morgan fingerprint density at radius 1 is 1.44 bits per heavy atom. The van der Waals surface area contributed by atoms with E-state index in [1.54, 1.807) is 0 Å². The first-order valence-corrected chi connectivity index (χ1v) is 5.89. The Labute approximate surface area is 105 Å². The van der Waals surface area contributed by atoms with E-state index in [4.69, 9.17) is 4.74 Å². The predicted molar refractivity (Wildman–Crippen MR) is 64.0 cm³/mol. The average Bonchev–Trinajstić information content (AvgIpc) is 2.32. The third kappa shape index (κ3) is 2.79. The second-order valence-corrected chi connectivity index (χ2v) is 4.79. The molecule has 1 saturated heterocycles. The zero-order valence-corrected chi connectivity index (χ0v) is 10.2. The van der Waals surface area contributed by atoms with Gasteiger partial charge in [0.05, 0.1) is 5.56 Å². The van der Waals surface area contributed by atoms with Crippen molar-refractivity contribution in [2.75, 3.05) is 13.2 Å². The fourth-order valence-corrected chi connectivity index (χ4v) is 1.98. The van der Waals surface area contributed by atoms with Crippen LogP contribution in [0.15, 0.2) is 18.2 Å². The Morgan fingerprint density at radius 2 is 2.11 bits per heavy atom. The molecule has 1 heterocycles. The monoisotopic (exact) mass is 253 g/mol. The van der Waals surface area contributed by atoms with E-state index < -0.39 is 11.7 Å². The van der Waals surface area contributed by atoms with Crippen LogP contribution in [-0.2, 0) is 4.74 Å². The summed E-state index contributed by atoms with van der Waals surface area (Å²) in [5, 5.41) is 12.4. The number of phenolic OH excluding ortho intramolecular Hbond substituents is 1. The molecule has 0 radical (unpaired) electrons. The minimum Gasteiger partial charge on any atom is -0.507 e. The van der Waals surface area contributed by atoms with Gasteiger partial charge in [-0.25, -0.2) is 4.39 Å². The van der Waals surface area contributed by atoms with Gasteiger partial charge in [-0.15, -0.1) is 0 Å². The summed E-state index contributed by atoms with van der Waals surface area (Å²) in [6, 6.07) is 3.33. The molecule has 18 heavy (non-hydrogen) atoms. The van der Waals surface area contributed by atoms with Crippen LogP contribution in [0.3, 0.4) is 0 Å². The summed E-state index contributed by atoms with van der Waals surface area (Å²) in [5.74, 6) is -1.23. The maximum absolute atomic E-state index is 13.1. The lowest BCUT2D eigenvalue weighted by atomic mass is 9.92. The van der Waals surface area contributed by atoms with Gasteiger partial charge < -0.3 is 15.2 Å². The van der Waals surface area contributed by atoms with Crippen molar-refractivity contribution in [2.24, 2.45) is 0 Å². The van der Waals surface area contributed by atoms with E-state index in [-0.39, 0.29) is 16.9 Å². The molecule has 0 spiro atoms. The zero-order chi connectivity index (χ0) is 13.2. The average molecular weight is 253 g/mol. The fourth-order valence-electron chi connectivity index (χ4n) is 1.98. The van der Waals surface area contributed by atoms with E-state index in [1.807, 2.05) is 6.92 Å². The first kappa shape index (κ1) is 12.8. The number of hydrogen-bond donors (Lipinski definition) is 2. The van der Waals surface area contributed by atoms with Gasteiger partial charge in [0.15, 0.2) is 0 Å². The smallest absolute Gasteiger partial charge is 0.255 e. The van der Waals surface area contributed by atoms with Crippen molar-refractivity contribution in [1.82, 2.24) is 5.32 Å². The molecule has 0 bridgehead atoms. The number of ether oxygens (including phenoxy) is 1. The Bertz CT molecular complexity index is 456. The van der Waals surface area contributed by atoms with Crippen molar-refractivity contribution in [3.63, 3.8) is 0 Å². The first-order valence-electron chi connectivity index (χ1n) is 5.89. The molecule has 0 saturated carbocycles. The van der Waals surface area contributed by atoms with Crippen molar-refractivity contribution in [3.05, 3.63) is 29.6 Å². The SMILES string of the molecule is CC1(NC(=O)c2cc(F)ccc2O)CCOCC1. The highest BCUT2D eigenvalue weighted by Crippen LogP contribution is 2.23. The molecule has 2 rings (SSSR count). The van der Waals surface area contributed by atoms with E-state index in [9.17, 15) is 14.3 Å². The number of rotatable bonds is 2. The summed E-state index contributed by atoms with van der Waals surface area (Å²) in [5.41, 5.74) is -0.406. The Morgan fingerprint density at radius 3 is 2.78 bits per heavy atom. The van der Waals surface area contributed by atoms with Crippen LogP contribution in [0.1, 0.15) is 30.1 Å². The first-order chi connectivity index (χ1) is 8.50. The van der Waals surface area contributed by atoms with Gasteiger partial charge >= 0.3 is 0 Å². The van der Waals surface area contributed by atoms with Crippen LogP contribution in [0.25, 0.3) is 0 Å². The summed E-state index contributed by atoms with van der Waals surface area (Å²) in [6.07, 6.45) is 1.41.